The summed E-state index contributed by atoms with van der Waals surface area (Å²) in [5.41, 5.74) is 22.9. The number of nitrogens with two attached hydrogens (primary N) is 2. The molecule has 0 radical (unpaired) electrons. The SMILES string of the molecule is C=C/C=C(\C=C/C)C(=C)N.C=CC.CC.CC.CCC.CCC.CCC.CCC.Cc1c(N)c2ccc(-c3cccc(-c4ccccc4Cc4ccncc4)c3)cc2c2ccccc12. The van der Waals surface area contributed by atoms with Crippen LogP contribution in [0.2, 0.25) is 0 Å². The van der Waals surface area contributed by atoms with E-state index in [0.717, 1.165) is 28.6 Å². The third-order valence-electron chi connectivity index (χ3n) is 8.02. The molecule has 1 aromatic heterocycles. The highest BCUT2D eigenvalue weighted by Gasteiger charge is 2.12. The van der Waals surface area contributed by atoms with Crippen molar-refractivity contribution in [3.63, 3.8) is 0 Å². The van der Waals surface area contributed by atoms with Crippen molar-refractivity contribution in [2.75, 3.05) is 5.73 Å². The van der Waals surface area contributed by atoms with Crippen molar-refractivity contribution in [3.05, 3.63) is 194 Å². The lowest BCUT2D eigenvalue weighted by Crippen LogP contribution is -1.95. The number of hydrogen-bond acceptors (Lipinski definition) is 3. The summed E-state index contributed by atoms with van der Waals surface area (Å²) in [6.07, 6.45) is 18.7. The van der Waals surface area contributed by atoms with E-state index >= 15 is 0 Å². The maximum atomic E-state index is 6.55. The van der Waals surface area contributed by atoms with Crippen LogP contribution in [0.15, 0.2) is 177 Å². The molecule has 0 aliphatic heterocycles. The molecule has 0 unspecified atom stereocenters. The van der Waals surface area contributed by atoms with Gasteiger partial charge in [0.15, 0.2) is 0 Å². The van der Waals surface area contributed by atoms with Gasteiger partial charge in [-0.3, -0.25) is 4.98 Å². The third kappa shape index (κ3) is 23.5. The Morgan fingerprint density at radius 1 is 0.594 bits per heavy atom. The van der Waals surface area contributed by atoms with Crippen LogP contribution in [0.5, 0.6) is 0 Å². The number of pyridine rings is 1. The van der Waals surface area contributed by atoms with Crippen molar-refractivity contribution in [3.8, 4) is 22.3 Å². The molecule has 3 nitrogen and oxygen atoms in total. The van der Waals surface area contributed by atoms with E-state index in [1.807, 2.05) is 72.2 Å². The minimum Gasteiger partial charge on any atom is -0.399 e. The third-order valence-corrected chi connectivity index (χ3v) is 8.02. The highest BCUT2D eigenvalue weighted by molar-refractivity contribution is 6.15. The molecule has 0 saturated carbocycles. The van der Waals surface area contributed by atoms with E-state index in [1.54, 1.807) is 12.2 Å². The van der Waals surface area contributed by atoms with Gasteiger partial charge in [0.25, 0.3) is 0 Å². The van der Waals surface area contributed by atoms with Gasteiger partial charge in [0, 0.05) is 29.2 Å². The molecule has 6 aromatic rings. The first-order chi connectivity index (χ1) is 31.0. The van der Waals surface area contributed by atoms with Crippen LogP contribution >= 0.6 is 0 Å². The summed E-state index contributed by atoms with van der Waals surface area (Å²) in [5.74, 6) is 0. The van der Waals surface area contributed by atoms with Gasteiger partial charge in [0.1, 0.15) is 0 Å². The van der Waals surface area contributed by atoms with E-state index in [1.165, 1.54) is 75.2 Å². The first-order valence-electron chi connectivity index (χ1n) is 23.7. The van der Waals surface area contributed by atoms with Crippen LogP contribution in [0.1, 0.15) is 139 Å². The molecule has 3 heteroatoms. The van der Waals surface area contributed by atoms with Crippen molar-refractivity contribution in [1.82, 2.24) is 4.98 Å². The number of anilines is 1. The monoisotopic (exact) mass is 864 g/mol. The number of benzene rings is 5. The molecule has 5 aromatic carbocycles. The summed E-state index contributed by atoms with van der Waals surface area (Å²) in [7, 11) is 0. The summed E-state index contributed by atoms with van der Waals surface area (Å²) < 4.78 is 0. The second kappa shape index (κ2) is 41.1. The van der Waals surface area contributed by atoms with Crippen molar-refractivity contribution in [1.29, 1.82) is 0 Å². The zero-order valence-corrected chi connectivity index (χ0v) is 43.1. The first kappa shape index (κ1) is 62.4. The summed E-state index contributed by atoms with van der Waals surface area (Å²) in [6, 6.07) is 36.9. The molecule has 0 spiro atoms. The zero-order valence-electron chi connectivity index (χ0n) is 43.1. The molecule has 0 amide bonds. The average molecular weight is 864 g/mol. The number of nitrogen functional groups attached to an aromatic ring is 1. The van der Waals surface area contributed by atoms with E-state index in [4.69, 9.17) is 11.5 Å². The van der Waals surface area contributed by atoms with Crippen molar-refractivity contribution >= 4 is 27.2 Å². The largest absolute Gasteiger partial charge is 0.399 e. The quantitative estimate of drug-likeness (QED) is 0.0727. The number of rotatable bonds is 7. The van der Waals surface area contributed by atoms with Crippen LogP contribution < -0.4 is 11.5 Å². The van der Waals surface area contributed by atoms with Gasteiger partial charge < -0.3 is 11.5 Å². The molecule has 0 aliphatic carbocycles. The molecular weight excluding hydrogens is 775 g/mol. The van der Waals surface area contributed by atoms with Gasteiger partial charge in [-0.1, -0.05) is 231 Å². The smallest absolute Gasteiger partial charge is 0.0429 e. The maximum absolute atomic E-state index is 6.55. The fourth-order valence-corrected chi connectivity index (χ4v) is 5.69. The Morgan fingerprint density at radius 3 is 1.59 bits per heavy atom. The van der Waals surface area contributed by atoms with Gasteiger partial charge in [-0.2, -0.15) is 0 Å². The number of aryl methyl sites for hydroxylation is 1. The lowest BCUT2D eigenvalue weighted by molar-refractivity contribution is 1.09. The Labute approximate surface area is 393 Å². The number of hydrogen-bond donors (Lipinski definition) is 2. The molecule has 1 heterocycles. The van der Waals surface area contributed by atoms with E-state index in [2.05, 4.69) is 190 Å². The number of aromatic nitrogens is 1. The van der Waals surface area contributed by atoms with Crippen LogP contribution in [0.4, 0.5) is 5.69 Å². The zero-order chi connectivity index (χ0) is 49.3. The molecule has 0 saturated heterocycles. The van der Waals surface area contributed by atoms with Crippen LogP contribution in [-0.4, -0.2) is 4.98 Å². The predicted octanol–water partition coefficient (Wildman–Crippen LogP) is 19.3. The minimum absolute atomic E-state index is 0.568. The summed E-state index contributed by atoms with van der Waals surface area (Å²) in [4.78, 5) is 4.16. The standard InChI is InChI=1S/C33H26N2.C9H13N.4C3H8.C3H6.2C2H6/c1-22-28-10-4-5-12-30(28)32-21-25(13-14-31(32)33(22)34)24-8-6-9-27(20-24)29-11-3-2-7-26(29)19-23-15-17-35-18-16-23;1-4-6-9(7-5-2)8(3)10;5*1-3-2;2*1-2/h2-18,20-21H,19,34H2,1H3;4-7H,1,3,10H2,2H3;4*3H2,1-2H3;3H,1H2,2H3;2*1-2H3/b;7-5-,9-6+;;;;;;;. The predicted molar refractivity (Wildman–Crippen MR) is 297 cm³/mol. The van der Waals surface area contributed by atoms with Gasteiger partial charge >= 0.3 is 0 Å². The van der Waals surface area contributed by atoms with Gasteiger partial charge in [0.2, 0.25) is 0 Å². The number of nitrogens with zero attached hydrogens (tertiary/aromatic N) is 1. The van der Waals surface area contributed by atoms with E-state index < -0.39 is 0 Å². The highest BCUT2D eigenvalue weighted by Crippen LogP contribution is 2.37. The fourth-order valence-electron chi connectivity index (χ4n) is 5.69. The molecular formula is C61H89N3. The normalized spacial score (nSPS) is 9.52. The minimum atomic E-state index is 0.568. The Morgan fingerprint density at radius 2 is 1.08 bits per heavy atom. The van der Waals surface area contributed by atoms with Crippen molar-refractivity contribution in [2.45, 2.75) is 136 Å². The van der Waals surface area contributed by atoms with Gasteiger partial charge in [-0.15, -0.1) is 6.58 Å². The van der Waals surface area contributed by atoms with Crippen LogP contribution in [0.25, 0.3) is 43.8 Å². The van der Waals surface area contributed by atoms with E-state index in [-0.39, 0.29) is 0 Å². The van der Waals surface area contributed by atoms with E-state index in [9.17, 15) is 0 Å². The van der Waals surface area contributed by atoms with E-state index in [0.29, 0.717) is 5.70 Å². The topological polar surface area (TPSA) is 64.9 Å². The van der Waals surface area contributed by atoms with Crippen molar-refractivity contribution in [2.24, 2.45) is 5.73 Å². The summed E-state index contributed by atoms with van der Waals surface area (Å²) in [5, 5.41) is 4.77. The second-order valence-electron chi connectivity index (χ2n) is 14.2. The van der Waals surface area contributed by atoms with Crippen molar-refractivity contribution < 1.29 is 0 Å². The molecule has 0 atom stereocenters. The summed E-state index contributed by atoms with van der Waals surface area (Å²) in [6.45, 7) is 41.5. The second-order valence-corrected chi connectivity index (χ2v) is 14.2. The van der Waals surface area contributed by atoms with Gasteiger partial charge in [-0.25, -0.2) is 0 Å². The van der Waals surface area contributed by atoms with Crippen LogP contribution in [-0.2, 0) is 6.42 Å². The maximum Gasteiger partial charge on any atom is 0.0429 e. The molecule has 6 rings (SSSR count). The highest BCUT2D eigenvalue weighted by atomic mass is 14.6. The molecule has 0 aliphatic rings. The molecule has 0 fully saturated rings. The van der Waals surface area contributed by atoms with Gasteiger partial charge in [-0.05, 0) is 112 Å². The molecule has 64 heavy (non-hydrogen) atoms. The Bertz CT molecular complexity index is 2160. The van der Waals surface area contributed by atoms with Crippen LogP contribution in [0, 0.1) is 6.92 Å². The lowest BCUT2D eigenvalue weighted by Gasteiger charge is -2.14. The number of allylic oxidation sites excluding steroid dienone is 5. The first-order valence-corrected chi connectivity index (χ1v) is 23.7. The molecule has 0 bridgehead atoms. The molecule has 348 valence electrons. The Balaban J connectivity index is -0.00000106. The number of fused-ring (bicyclic) bond motifs is 3. The average Bonchev–Trinajstić information content (AvgIpc) is 3.31. The summed E-state index contributed by atoms with van der Waals surface area (Å²) >= 11 is 0. The Hall–Kier alpha value is -5.93. The Kier molecular flexibility index (Phi) is 40.1. The molecule has 4 N–H and O–H groups in total. The van der Waals surface area contributed by atoms with Crippen LogP contribution in [0.3, 0.4) is 0 Å². The fraction of sp³-hybridized carbons (Fsp3) is 0.328. The van der Waals surface area contributed by atoms with Gasteiger partial charge in [0.05, 0.1) is 0 Å². The lowest BCUT2D eigenvalue weighted by atomic mass is 9.91.